The molecule has 2 N–H and O–H groups in total. The van der Waals surface area contributed by atoms with Crippen LogP contribution in [0.25, 0.3) is 0 Å². The Kier molecular flexibility index (Phi) is 4.66. The summed E-state index contributed by atoms with van der Waals surface area (Å²) < 4.78 is 5.12. The number of nitrogens with one attached hydrogen (secondary N) is 2. The van der Waals surface area contributed by atoms with E-state index in [1.807, 2.05) is 20.8 Å². The van der Waals surface area contributed by atoms with Crippen LogP contribution < -0.4 is 10.6 Å². The number of rotatable bonds is 4. The highest BCUT2D eigenvalue weighted by Crippen LogP contribution is 2.03. The van der Waals surface area contributed by atoms with E-state index in [2.05, 4.69) is 10.6 Å². The number of hydrogen-bond acceptors (Lipinski definition) is 2. The van der Waals surface area contributed by atoms with Gasteiger partial charge in [0.05, 0.1) is 5.60 Å². The summed E-state index contributed by atoms with van der Waals surface area (Å²) in [6, 6.07) is -0.150. The predicted molar refractivity (Wildman–Crippen MR) is 48.2 cm³/mol. The van der Waals surface area contributed by atoms with Gasteiger partial charge in [0.1, 0.15) is 0 Å². The zero-order chi connectivity index (χ0) is 9.61. The molecule has 0 saturated carbocycles. The van der Waals surface area contributed by atoms with Crippen LogP contribution in [0.3, 0.4) is 0 Å². The van der Waals surface area contributed by atoms with E-state index in [0.717, 1.165) is 0 Å². The first-order chi connectivity index (χ1) is 5.52. The summed E-state index contributed by atoms with van der Waals surface area (Å²) in [6.07, 6.45) is 0. The summed E-state index contributed by atoms with van der Waals surface area (Å²) in [5.41, 5.74) is -0.301. The Morgan fingerprint density at radius 3 is 2.42 bits per heavy atom. The maximum Gasteiger partial charge on any atom is 0.314 e. The Balaban J connectivity index is 3.60. The summed E-state index contributed by atoms with van der Waals surface area (Å²) in [4.78, 5) is 10.9. The molecule has 0 bridgehead atoms. The van der Waals surface area contributed by atoms with Crippen LogP contribution in [-0.2, 0) is 4.74 Å². The second-order valence-corrected chi connectivity index (χ2v) is 3.18. The number of carbonyl (C=O) groups excluding carboxylic acids is 1. The summed E-state index contributed by atoms with van der Waals surface area (Å²) in [5, 5.41) is 5.34. The van der Waals surface area contributed by atoms with Crippen LogP contribution in [0.1, 0.15) is 20.8 Å². The quantitative estimate of drug-likeness (QED) is 0.660. The summed E-state index contributed by atoms with van der Waals surface area (Å²) in [6.45, 7) is 6.86. The van der Waals surface area contributed by atoms with E-state index in [-0.39, 0.29) is 11.6 Å². The molecule has 0 aliphatic heterocycles. The highest BCUT2D eigenvalue weighted by atomic mass is 16.5. The van der Waals surface area contributed by atoms with E-state index >= 15 is 0 Å². The number of methoxy groups -OCH3 is 1. The van der Waals surface area contributed by atoms with Gasteiger partial charge in [-0.1, -0.05) is 0 Å². The lowest BCUT2D eigenvalue weighted by Crippen LogP contribution is -2.44. The SMILES string of the molecule is CCNC(=O)NCC(C)(C)OC. The molecule has 0 aromatic rings. The number of amides is 2. The first kappa shape index (κ1) is 11.2. The molecule has 0 aliphatic rings. The van der Waals surface area contributed by atoms with Gasteiger partial charge in [0.15, 0.2) is 0 Å². The molecule has 12 heavy (non-hydrogen) atoms. The molecule has 0 fully saturated rings. The van der Waals surface area contributed by atoms with E-state index in [1.165, 1.54) is 0 Å². The van der Waals surface area contributed by atoms with E-state index in [9.17, 15) is 4.79 Å². The van der Waals surface area contributed by atoms with Crippen LogP contribution in [0.4, 0.5) is 4.79 Å². The molecular weight excluding hydrogens is 156 g/mol. The molecule has 0 aromatic carbocycles. The van der Waals surface area contributed by atoms with Crippen molar-refractivity contribution >= 4 is 6.03 Å². The van der Waals surface area contributed by atoms with Crippen molar-refractivity contribution in [1.29, 1.82) is 0 Å². The van der Waals surface area contributed by atoms with Gasteiger partial charge < -0.3 is 15.4 Å². The molecule has 4 heteroatoms. The van der Waals surface area contributed by atoms with Crippen LogP contribution in [-0.4, -0.2) is 31.8 Å². The number of hydrogen-bond donors (Lipinski definition) is 2. The molecule has 0 atom stereocenters. The molecule has 0 spiro atoms. The van der Waals surface area contributed by atoms with Gasteiger partial charge in [-0.25, -0.2) is 4.79 Å². The van der Waals surface area contributed by atoms with Crippen molar-refractivity contribution in [2.75, 3.05) is 20.2 Å². The highest BCUT2D eigenvalue weighted by molar-refractivity contribution is 5.73. The maximum atomic E-state index is 10.9. The van der Waals surface area contributed by atoms with Crippen molar-refractivity contribution in [3.63, 3.8) is 0 Å². The zero-order valence-corrected chi connectivity index (χ0v) is 8.23. The Morgan fingerprint density at radius 2 is 2.00 bits per heavy atom. The molecule has 0 aromatic heterocycles. The van der Waals surface area contributed by atoms with E-state index in [4.69, 9.17) is 4.74 Å². The third-order valence-corrected chi connectivity index (χ3v) is 1.56. The number of carbonyl (C=O) groups is 1. The number of ether oxygens (including phenoxy) is 1. The van der Waals surface area contributed by atoms with Gasteiger partial charge in [-0.15, -0.1) is 0 Å². The standard InChI is InChI=1S/C8H18N2O2/c1-5-9-7(11)10-6-8(2,3)12-4/h5-6H2,1-4H3,(H2,9,10,11). The first-order valence-electron chi connectivity index (χ1n) is 4.08. The van der Waals surface area contributed by atoms with Crippen molar-refractivity contribution in [3.8, 4) is 0 Å². The Hall–Kier alpha value is -0.770. The van der Waals surface area contributed by atoms with Crippen molar-refractivity contribution in [3.05, 3.63) is 0 Å². The lowest BCUT2D eigenvalue weighted by molar-refractivity contribution is 0.0254. The largest absolute Gasteiger partial charge is 0.377 e. The summed E-state index contributed by atoms with van der Waals surface area (Å²) in [7, 11) is 1.62. The van der Waals surface area contributed by atoms with Crippen LogP contribution >= 0.6 is 0 Å². The second kappa shape index (κ2) is 4.98. The first-order valence-corrected chi connectivity index (χ1v) is 4.08. The predicted octanol–water partition coefficient (Wildman–Crippen LogP) is 0.730. The minimum Gasteiger partial charge on any atom is -0.377 e. The lowest BCUT2D eigenvalue weighted by atomic mass is 10.1. The van der Waals surface area contributed by atoms with Gasteiger partial charge in [-0.2, -0.15) is 0 Å². The minimum absolute atomic E-state index is 0.150. The van der Waals surface area contributed by atoms with E-state index in [1.54, 1.807) is 7.11 Å². The third kappa shape index (κ3) is 4.96. The zero-order valence-electron chi connectivity index (χ0n) is 8.23. The van der Waals surface area contributed by atoms with Crippen molar-refractivity contribution in [2.45, 2.75) is 26.4 Å². The molecule has 0 radical (unpaired) electrons. The smallest absolute Gasteiger partial charge is 0.314 e. The average molecular weight is 174 g/mol. The average Bonchev–Trinajstić information content (AvgIpc) is 2.02. The molecule has 0 aliphatic carbocycles. The topological polar surface area (TPSA) is 50.4 Å². The van der Waals surface area contributed by atoms with Crippen molar-refractivity contribution in [2.24, 2.45) is 0 Å². The second-order valence-electron chi connectivity index (χ2n) is 3.18. The molecule has 0 rings (SSSR count). The Bertz CT molecular complexity index is 146. The summed E-state index contributed by atoms with van der Waals surface area (Å²) >= 11 is 0. The number of urea groups is 1. The minimum atomic E-state index is -0.301. The van der Waals surface area contributed by atoms with E-state index < -0.39 is 0 Å². The molecule has 72 valence electrons. The fourth-order valence-corrected chi connectivity index (χ4v) is 0.588. The van der Waals surface area contributed by atoms with Crippen molar-refractivity contribution < 1.29 is 9.53 Å². The molecule has 0 unspecified atom stereocenters. The molecular formula is C8H18N2O2. The molecule has 2 amide bonds. The normalized spacial score (nSPS) is 11.0. The molecule has 0 heterocycles. The Labute approximate surface area is 73.7 Å². The van der Waals surface area contributed by atoms with Crippen LogP contribution in [0, 0.1) is 0 Å². The van der Waals surface area contributed by atoms with Crippen LogP contribution in [0.5, 0.6) is 0 Å². The van der Waals surface area contributed by atoms with Crippen LogP contribution in [0.2, 0.25) is 0 Å². The van der Waals surface area contributed by atoms with Gasteiger partial charge in [0, 0.05) is 20.2 Å². The van der Waals surface area contributed by atoms with Gasteiger partial charge in [0.2, 0.25) is 0 Å². The molecule has 0 saturated heterocycles. The van der Waals surface area contributed by atoms with Gasteiger partial charge >= 0.3 is 6.03 Å². The highest BCUT2D eigenvalue weighted by Gasteiger charge is 2.16. The lowest BCUT2D eigenvalue weighted by Gasteiger charge is -2.22. The van der Waals surface area contributed by atoms with Gasteiger partial charge in [-0.3, -0.25) is 0 Å². The fraction of sp³-hybridized carbons (Fsp3) is 0.875. The van der Waals surface area contributed by atoms with Crippen molar-refractivity contribution in [1.82, 2.24) is 10.6 Å². The molecule has 4 nitrogen and oxygen atoms in total. The fourth-order valence-electron chi connectivity index (χ4n) is 0.588. The summed E-state index contributed by atoms with van der Waals surface area (Å²) in [5.74, 6) is 0. The van der Waals surface area contributed by atoms with Gasteiger partial charge in [-0.05, 0) is 20.8 Å². The van der Waals surface area contributed by atoms with Crippen LogP contribution in [0.15, 0.2) is 0 Å². The Morgan fingerprint density at radius 1 is 1.42 bits per heavy atom. The van der Waals surface area contributed by atoms with E-state index in [0.29, 0.717) is 13.1 Å². The van der Waals surface area contributed by atoms with Gasteiger partial charge in [0.25, 0.3) is 0 Å². The third-order valence-electron chi connectivity index (χ3n) is 1.56. The monoisotopic (exact) mass is 174 g/mol. The maximum absolute atomic E-state index is 10.9.